The third-order valence-corrected chi connectivity index (χ3v) is 10.5. The van der Waals surface area contributed by atoms with Gasteiger partial charge in [0.05, 0.1) is 41.9 Å². The molecule has 5 rings (SSSR count). The molecule has 0 saturated carbocycles. The third-order valence-electron chi connectivity index (χ3n) is 8.70. The Morgan fingerprint density at radius 3 is 2.68 bits per heavy atom. The van der Waals surface area contributed by atoms with E-state index in [1.807, 2.05) is 51.1 Å². The van der Waals surface area contributed by atoms with Crippen LogP contribution in [0.15, 0.2) is 58.6 Å². The number of benzene rings is 2. The lowest BCUT2D eigenvalue weighted by Gasteiger charge is -2.35. The number of nitrogens with one attached hydrogen (secondary N) is 1. The number of amides is 1. The van der Waals surface area contributed by atoms with Gasteiger partial charge in [0.2, 0.25) is 16.8 Å². The summed E-state index contributed by atoms with van der Waals surface area (Å²) in [5.41, 5.74) is 1.10. The highest BCUT2D eigenvalue weighted by atomic mass is 32.2. The lowest BCUT2D eigenvalue weighted by Crippen LogP contribution is -2.52. The number of aliphatic hydroxyl groups is 1. The van der Waals surface area contributed by atoms with E-state index in [-0.39, 0.29) is 50.0 Å². The summed E-state index contributed by atoms with van der Waals surface area (Å²) in [5.74, 6) is 0.729. The molecule has 0 aromatic heterocycles. The summed E-state index contributed by atoms with van der Waals surface area (Å²) >= 11 is 0. The lowest BCUT2D eigenvalue weighted by atomic mass is 9.86. The van der Waals surface area contributed by atoms with Crippen molar-refractivity contribution >= 4 is 21.8 Å². The van der Waals surface area contributed by atoms with E-state index in [1.165, 1.54) is 23.5 Å². The van der Waals surface area contributed by atoms with Gasteiger partial charge in [0.15, 0.2) is 17.8 Å². The minimum atomic E-state index is -4.15. The number of oxime groups is 1. The van der Waals surface area contributed by atoms with E-state index in [1.54, 1.807) is 6.07 Å². The molecule has 47 heavy (non-hydrogen) atoms. The highest BCUT2D eigenvalue weighted by molar-refractivity contribution is 7.89. The van der Waals surface area contributed by atoms with Crippen molar-refractivity contribution in [3.63, 3.8) is 0 Å². The summed E-state index contributed by atoms with van der Waals surface area (Å²) in [5, 5.41) is 18.6. The Morgan fingerprint density at radius 2 is 1.91 bits per heavy atom. The largest absolute Gasteiger partial charge is 0.454 e. The Labute approximate surface area is 276 Å². The van der Waals surface area contributed by atoms with Gasteiger partial charge in [0, 0.05) is 19.2 Å². The maximum Gasteiger partial charge on any atom is 0.407 e. The van der Waals surface area contributed by atoms with Gasteiger partial charge in [0.1, 0.15) is 13.2 Å². The van der Waals surface area contributed by atoms with Crippen LogP contribution in [-0.2, 0) is 35.5 Å². The van der Waals surface area contributed by atoms with Crippen LogP contribution in [0.2, 0.25) is 0 Å². The zero-order chi connectivity index (χ0) is 33.6. The first-order valence-electron chi connectivity index (χ1n) is 15.8. The zero-order valence-electron chi connectivity index (χ0n) is 27.3. The van der Waals surface area contributed by atoms with E-state index in [4.69, 9.17) is 28.5 Å². The molecule has 0 unspecified atom stereocenters. The second-order valence-electron chi connectivity index (χ2n) is 13.0. The SMILES string of the molecule is CO/N=C(\C)CCC(C)(C)CN(C[C@@H](O)[C@H](Cc1ccccc1)NC(=O)O[C@H]1CO[C@H]2OCC[C@H]21)S(=O)(=O)c1ccc2c(c1)OCO2. The van der Waals surface area contributed by atoms with Crippen LogP contribution in [0.25, 0.3) is 0 Å². The monoisotopic (exact) mass is 675 g/mol. The minimum absolute atomic E-state index is 0.00101. The molecule has 1 amide bonds. The van der Waals surface area contributed by atoms with Gasteiger partial charge in [-0.2, -0.15) is 4.31 Å². The van der Waals surface area contributed by atoms with Crippen molar-refractivity contribution in [1.29, 1.82) is 0 Å². The molecule has 5 atom stereocenters. The summed E-state index contributed by atoms with van der Waals surface area (Å²) in [6.45, 7) is 6.31. The van der Waals surface area contributed by atoms with Gasteiger partial charge in [0.25, 0.3) is 0 Å². The third kappa shape index (κ3) is 8.93. The Bertz CT molecular complexity index is 1500. The Morgan fingerprint density at radius 1 is 1.15 bits per heavy atom. The van der Waals surface area contributed by atoms with E-state index in [9.17, 15) is 18.3 Å². The van der Waals surface area contributed by atoms with E-state index >= 15 is 0 Å². The number of hydrogen-bond donors (Lipinski definition) is 2. The second-order valence-corrected chi connectivity index (χ2v) is 14.9. The van der Waals surface area contributed by atoms with E-state index < -0.39 is 39.8 Å². The van der Waals surface area contributed by atoms with E-state index in [0.29, 0.717) is 30.9 Å². The van der Waals surface area contributed by atoms with Crippen molar-refractivity contribution < 1.29 is 46.8 Å². The van der Waals surface area contributed by atoms with Gasteiger partial charge in [-0.1, -0.05) is 49.3 Å². The summed E-state index contributed by atoms with van der Waals surface area (Å²) in [4.78, 5) is 18.1. The lowest BCUT2D eigenvalue weighted by molar-refractivity contribution is -0.0907. The number of fused-ring (bicyclic) bond motifs is 2. The van der Waals surface area contributed by atoms with Crippen LogP contribution in [0.4, 0.5) is 4.79 Å². The predicted octanol–water partition coefficient (Wildman–Crippen LogP) is 3.69. The molecule has 0 radical (unpaired) electrons. The summed E-state index contributed by atoms with van der Waals surface area (Å²) < 4.78 is 57.5. The molecule has 2 fully saturated rings. The molecule has 2 aromatic rings. The molecule has 14 heteroatoms. The van der Waals surface area contributed by atoms with Gasteiger partial charge in [-0.05, 0) is 55.7 Å². The average molecular weight is 676 g/mol. The fraction of sp³-hybridized carbons (Fsp3) is 0.576. The van der Waals surface area contributed by atoms with Crippen LogP contribution in [0, 0.1) is 11.3 Å². The Hall–Kier alpha value is -3.43. The van der Waals surface area contributed by atoms with E-state index in [2.05, 4.69) is 10.5 Å². The first-order chi connectivity index (χ1) is 22.4. The number of rotatable bonds is 15. The number of ether oxygens (including phenoxy) is 5. The molecule has 13 nitrogen and oxygen atoms in total. The quantitative estimate of drug-likeness (QED) is 0.211. The van der Waals surface area contributed by atoms with Crippen molar-refractivity contribution in [3.8, 4) is 11.5 Å². The first kappa shape index (κ1) is 34.9. The molecule has 2 aromatic carbocycles. The average Bonchev–Trinajstić information content (AvgIpc) is 3.79. The summed E-state index contributed by atoms with van der Waals surface area (Å²) in [6, 6.07) is 12.9. The maximum atomic E-state index is 14.3. The van der Waals surface area contributed by atoms with Gasteiger partial charge in [-0.3, -0.25) is 0 Å². The standard InChI is InChI=1S/C33H45N3O10S/c1-22(35-41-4)12-14-33(2,3)20-36(47(39,40)24-10-11-28-29(17-24)45-21-44-28)18-27(37)26(16-23-8-6-5-7-9-23)34-32(38)46-30-19-43-31-25(30)13-15-42-31/h5-11,17,25-27,30-31,37H,12-16,18-21H2,1-4H3,(H,34,38)/b35-22+/t25-,26-,27+,30-,31+/m0/s1. The smallest absolute Gasteiger partial charge is 0.407 e. The van der Waals surface area contributed by atoms with Gasteiger partial charge < -0.3 is 38.9 Å². The number of sulfonamides is 1. The van der Waals surface area contributed by atoms with Gasteiger partial charge in [-0.15, -0.1) is 0 Å². The van der Waals surface area contributed by atoms with Crippen LogP contribution in [0.3, 0.4) is 0 Å². The van der Waals surface area contributed by atoms with Crippen molar-refractivity contribution in [2.45, 2.75) is 75.9 Å². The van der Waals surface area contributed by atoms with Gasteiger partial charge >= 0.3 is 6.09 Å². The molecule has 3 aliphatic heterocycles. The molecule has 3 heterocycles. The fourth-order valence-electron chi connectivity index (χ4n) is 6.07. The van der Waals surface area contributed by atoms with Gasteiger partial charge in [-0.25, -0.2) is 13.2 Å². The van der Waals surface area contributed by atoms with Crippen LogP contribution in [-0.4, -0.2) is 94.4 Å². The van der Waals surface area contributed by atoms with Crippen LogP contribution in [0.5, 0.6) is 11.5 Å². The number of nitrogens with zero attached hydrogens (tertiary/aromatic N) is 2. The number of hydrogen-bond acceptors (Lipinski definition) is 11. The highest BCUT2D eigenvalue weighted by Crippen LogP contribution is 2.36. The number of carbonyl (C=O) groups is 1. The Kier molecular flexibility index (Phi) is 11.3. The molecule has 3 aliphatic rings. The normalized spacial score (nSPS) is 22.2. The van der Waals surface area contributed by atoms with Crippen molar-refractivity contribution in [2.75, 3.05) is 40.2 Å². The van der Waals surface area contributed by atoms with E-state index in [0.717, 1.165) is 17.7 Å². The molecular weight excluding hydrogens is 630 g/mol. The minimum Gasteiger partial charge on any atom is -0.454 e. The van der Waals surface area contributed by atoms with Crippen LogP contribution >= 0.6 is 0 Å². The zero-order valence-corrected chi connectivity index (χ0v) is 28.1. The highest BCUT2D eigenvalue weighted by Gasteiger charge is 2.44. The molecular formula is C33H45N3O10S. The number of alkyl carbamates (subject to hydrolysis) is 1. The summed E-state index contributed by atoms with van der Waals surface area (Å²) in [6.07, 6.45) is -0.747. The van der Waals surface area contributed by atoms with Crippen LogP contribution < -0.4 is 14.8 Å². The number of carbonyl (C=O) groups excluding carboxylic acids is 1. The van der Waals surface area contributed by atoms with Crippen molar-refractivity contribution in [2.24, 2.45) is 16.5 Å². The summed E-state index contributed by atoms with van der Waals surface area (Å²) in [7, 11) is -2.68. The molecule has 0 spiro atoms. The maximum absolute atomic E-state index is 14.3. The number of aliphatic hydroxyl groups excluding tert-OH is 1. The topological polar surface area (TPSA) is 154 Å². The van der Waals surface area contributed by atoms with Crippen LogP contribution in [0.1, 0.15) is 45.6 Å². The van der Waals surface area contributed by atoms with Crippen molar-refractivity contribution in [3.05, 3.63) is 54.1 Å². The van der Waals surface area contributed by atoms with Crippen molar-refractivity contribution in [1.82, 2.24) is 9.62 Å². The molecule has 2 N–H and O–H groups in total. The molecule has 258 valence electrons. The fourth-order valence-corrected chi connectivity index (χ4v) is 7.73. The molecule has 0 bridgehead atoms. The Balaban J connectivity index is 1.38. The first-order valence-corrected chi connectivity index (χ1v) is 17.3. The molecule has 0 aliphatic carbocycles. The second kappa shape index (κ2) is 15.2. The predicted molar refractivity (Wildman–Crippen MR) is 172 cm³/mol. The molecule has 2 saturated heterocycles.